The Balaban J connectivity index is 1.95. The number of hydrogen-bond donors (Lipinski definition) is 1. The molecule has 3 aromatic rings. The van der Waals surface area contributed by atoms with Crippen LogP contribution in [0.2, 0.25) is 0 Å². The molecule has 3 rings (SSSR count). The van der Waals surface area contributed by atoms with Crippen molar-refractivity contribution < 1.29 is 14.4 Å². The van der Waals surface area contributed by atoms with E-state index in [1.807, 2.05) is 39.1 Å². The number of rotatable bonds is 12. The van der Waals surface area contributed by atoms with E-state index in [4.69, 9.17) is 9.26 Å². The van der Waals surface area contributed by atoms with Crippen LogP contribution in [-0.2, 0) is 17.8 Å². The van der Waals surface area contributed by atoms with Gasteiger partial charge in [-0.05, 0) is 40.2 Å². The molecule has 1 heterocycles. The Morgan fingerprint density at radius 3 is 2.38 bits per heavy atom. The minimum atomic E-state index is -0.599. The quantitative estimate of drug-likeness (QED) is 0.393. The fraction of sp³-hybridized carbons (Fsp3) is 0.464. The summed E-state index contributed by atoms with van der Waals surface area (Å²) in [6, 6.07) is 18.9. The van der Waals surface area contributed by atoms with Crippen molar-refractivity contribution in [3.63, 3.8) is 0 Å². The molecule has 0 aliphatic rings. The summed E-state index contributed by atoms with van der Waals surface area (Å²) in [6.07, 6.45) is -0.521. The molecule has 0 fully saturated rings. The molecule has 1 N–H and O–H groups in total. The number of benzene rings is 2. The Bertz CT molecular complexity index is 1020. The number of aromatic nitrogens is 1. The van der Waals surface area contributed by atoms with Gasteiger partial charge in [-0.3, -0.25) is 4.90 Å². The first kappa shape index (κ1) is 25.9. The zero-order valence-electron chi connectivity index (χ0n) is 21.4. The topological polar surface area (TPSA) is 62.0 Å². The predicted molar refractivity (Wildman–Crippen MR) is 138 cm³/mol. The van der Waals surface area contributed by atoms with Gasteiger partial charge in [-0.2, -0.15) is 0 Å². The van der Waals surface area contributed by atoms with Crippen molar-refractivity contribution in [2.75, 3.05) is 25.1 Å². The molecule has 6 heteroatoms. The van der Waals surface area contributed by atoms with E-state index in [0.29, 0.717) is 26.2 Å². The third-order valence-electron chi connectivity index (χ3n) is 5.87. The van der Waals surface area contributed by atoms with E-state index in [1.54, 1.807) is 0 Å². The Hall–Kier alpha value is -2.67. The molecule has 0 amide bonds. The summed E-state index contributed by atoms with van der Waals surface area (Å²) in [5.74, 6) is 0.760. The van der Waals surface area contributed by atoms with E-state index in [-0.39, 0.29) is 12.1 Å². The molecule has 0 bridgehead atoms. The number of aliphatic hydroxyl groups excluding tert-OH is 1. The number of nitrogens with zero attached hydrogens (tertiary/aromatic N) is 3. The maximum absolute atomic E-state index is 10.8. The van der Waals surface area contributed by atoms with Crippen LogP contribution in [0.4, 0.5) is 5.88 Å². The van der Waals surface area contributed by atoms with E-state index in [2.05, 4.69) is 72.1 Å². The van der Waals surface area contributed by atoms with E-state index < -0.39 is 6.10 Å². The molecule has 0 spiro atoms. The van der Waals surface area contributed by atoms with Crippen LogP contribution in [0.25, 0.3) is 11.3 Å². The van der Waals surface area contributed by atoms with Crippen LogP contribution >= 0.6 is 0 Å². The number of hydrogen-bond acceptors (Lipinski definition) is 6. The maximum Gasteiger partial charge on any atom is 0.232 e. The average Bonchev–Trinajstić information content (AvgIpc) is 3.21. The first-order chi connectivity index (χ1) is 16.2. The highest BCUT2D eigenvalue weighted by molar-refractivity contribution is 5.68. The van der Waals surface area contributed by atoms with Crippen molar-refractivity contribution in [2.45, 2.75) is 66.0 Å². The molecule has 0 saturated carbocycles. The third-order valence-corrected chi connectivity index (χ3v) is 5.87. The zero-order chi connectivity index (χ0) is 24.7. The standard InChI is InChI=1S/C28H39N3O3/c1-20(2)30(6)28-26(27(29-34-28)24-13-8-7-9-14-24)18-31(17-25(32)19-33-21(3)4)16-23-12-10-11-22(5)15-23/h7-15,20-21,25,32H,16-19H2,1-6H3/t25-/m0/s1. The summed E-state index contributed by atoms with van der Waals surface area (Å²) >= 11 is 0. The van der Waals surface area contributed by atoms with Gasteiger partial charge >= 0.3 is 0 Å². The SMILES string of the molecule is Cc1cccc(CN(Cc2c(-c3ccccc3)noc2N(C)C(C)C)C[C@H](O)COC(C)C)c1. The lowest BCUT2D eigenvalue weighted by molar-refractivity contribution is -0.0106. The highest BCUT2D eigenvalue weighted by atomic mass is 16.5. The minimum Gasteiger partial charge on any atom is -0.389 e. The molecule has 2 aromatic carbocycles. The second-order valence-corrected chi connectivity index (χ2v) is 9.58. The smallest absolute Gasteiger partial charge is 0.232 e. The molecule has 34 heavy (non-hydrogen) atoms. The van der Waals surface area contributed by atoms with Gasteiger partial charge in [0.25, 0.3) is 0 Å². The zero-order valence-corrected chi connectivity index (χ0v) is 21.4. The van der Waals surface area contributed by atoms with Gasteiger partial charge in [0.15, 0.2) is 0 Å². The lowest BCUT2D eigenvalue weighted by atomic mass is 10.1. The summed E-state index contributed by atoms with van der Waals surface area (Å²) in [7, 11) is 2.03. The average molecular weight is 466 g/mol. The Morgan fingerprint density at radius 1 is 1.00 bits per heavy atom. The van der Waals surface area contributed by atoms with Gasteiger partial charge < -0.3 is 19.3 Å². The third kappa shape index (κ3) is 7.16. The molecule has 0 radical (unpaired) electrons. The van der Waals surface area contributed by atoms with E-state index >= 15 is 0 Å². The Labute approximate surface area is 204 Å². The first-order valence-electron chi connectivity index (χ1n) is 12.1. The molecule has 184 valence electrons. The Kier molecular flexibility index (Phi) is 9.28. The summed E-state index contributed by atoms with van der Waals surface area (Å²) < 4.78 is 11.6. The van der Waals surface area contributed by atoms with Crippen molar-refractivity contribution in [1.29, 1.82) is 0 Å². The van der Waals surface area contributed by atoms with E-state index in [1.165, 1.54) is 11.1 Å². The van der Waals surface area contributed by atoms with Crippen LogP contribution in [0.5, 0.6) is 0 Å². The maximum atomic E-state index is 10.8. The van der Waals surface area contributed by atoms with Gasteiger partial charge in [0, 0.05) is 38.3 Å². The van der Waals surface area contributed by atoms with Crippen LogP contribution in [0.15, 0.2) is 59.1 Å². The monoisotopic (exact) mass is 465 g/mol. The van der Waals surface area contributed by atoms with Crippen LogP contribution in [-0.4, -0.2) is 53.6 Å². The van der Waals surface area contributed by atoms with Gasteiger partial charge in [0.1, 0.15) is 5.69 Å². The molecule has 0 unspecified atom stereocenters. The fourth-order valence-electron chi connectivity index (χ4n) is 3.91. The van der Waals surface area contributed by atoms with E-state index in [9.17, 15) is 5.11 Å². The normalized spacial score (nSPS) is 12.6. The fourth-order valence-corrected chi connectivity index (χ4v) is 3.91. The highest BCUT2D eigenvalue weighted by Gasteiger charge is 2.25. The summed E-state index contributed by atoms with van der Waals surface area (Å²) in [5.41, 5.74) is 5.30. The van der Waals surface area contributed by atoms with Gasteiger partial charge in [-0.15, -0.1) is 0 Å². The van der Waals surface area contributed by atoms with Crippen LogP contribution in [0.1, 0.15) is 44.4 Å². The Morgan fingerprint density at radius 2 is 1.74 bits per heavy atom. The second-order valence-electron chi connectivity index (χ2n) is 9.58. The summed E-state index contributed by atoms with van der Waals surface area (Å²) in [5, 5.41) is 15.2. The number of aryl methyl sites for hydroxylation is 1. The van der Waals surface area contributed by atoms with Crippen molar-refractivity contribution in [3.8, 4) is 11.3 Å². The number of ether oxygens (including phenoxy) is 1. The molecule has 0 aliphatic carbocycles. The van der Waals surface area contributed by atoms with Gasteiger partial charge in [0.05, 0.1) is 24.4 Å². The van der Waals surface area contributed by atoms with Gasteiger partial charge in [0.2, 0.25) is 5.88 Å². The number of aliphatic hydroxyl groups is 1. The van der Waals surface area contributed by atoms with Crippen molar-refractivity contribution in [2.24, 2.45) is 0 Å². The highest BCUT2D eigenvalue weighted by Crippen LogP contribution is 2.33. The van der Waals surface area contributed by atoms with Crippen LogP contribution in [0.3, 0.4) is 0 Å². The van der Waals surface area contributed by atoms with Crippen molar-refractivity contribution in [1.82, 2.24) is 10.1 Å². The molecule has 6 nitrogen and oxygen atoms in total. The van der Waals surface area contributed by atoms with Crippen molar-refractivity contribution >= 4 is 5.88 Å². The van der Waals surface area contributed by atoms with Crippen LogP contribution in [0, 0.1) is 6.92 Å². The van der Waals surface area contributed by atoms with Gasteiger partial charge in [-0.25, -0.2) is 0 Å². The number of anilines is 1. The van der Waals surface area contributed by atoms with Gasteiger partial charge in [-0.1, -0.05) is 65.3 Å². The molecule has 0 saturated heterocycles. The second kappa shape index (κ2) is 12.2. The summed E-state index contributed by atoms with van der Waals surface area (Å²) in [6.45, 7) is 12.4. The van der Waals surface area contributed by atoms with Crippen molar-refractivity contribution in [3.05, 3.63) is 71.3 Å². The molecule has 1 atom stereocenters. The predicted octanol–water partition coefficient (Wildman–Crippen LogP) is 5.28. The lowest BCUT2D eigenvalue weighted by Gasteiger charge is -2.27. The van der Waals surface area contributed by atoms with Crippen LogP contribution < -0.4 is 4.90 Å². The lowest BCUT2D eigenvalue weighted by Crippen LogP contribution is -2.35. The summed E-state index contributed by atoms with van der Waals surface area (Å²) in [4.78, 5) is 4.36. The first-order valence-corrected chi connectivity index (χ1v) is 12.1. The minimum absolute atomic E-state index is 0.0777. The van der Waals surface area contributed by atoms with E-state index in [0.717, 1.165) is 22.7 Å². The molecule has 0 aliphatic heterocycles. The molecular formula is C28H39N3O3. The molecule has 1 aromatic heterocycles. The largest absolute Gasteiger partial charge is 0.389 e. The molecular weight excluding hydrogens is 426 g/mol.